The van der Waals surface area contributed by atoms with Gasteiger partial charge < -0.3 is 10.2 Å². The molecule has 2 aromatic rings. The highest BCUT2D eigenvalue weighted by atomic mass is 16.2. The molecule has 128 valence electrons. The van der Waals surface area contributed by atoms with Gasteiger partial charge in [0.15, 0.2) is 0 Å². The van der Waals surface area contributed by atoms with Gasteiger partial charge in [-0.1, -0.05) is 0 Å². The van der Waals surface area contributed by atoms with Gasteiger partial charge in [0.2, 0.25) is 5.91 Å². The van der Waals surface area contributed by atoms with E-state index in [1.165, 1.54) is 0 Å². The zero-order chi connectivity index (χ0) is 17.1. The Kier molecular flexibility index (Phi) is 4.83. The summed E-state index contributed by atoms with van der Waals surface area (Å²) in [6, 6.07) is 6.09. The Morgan fingerprint density at radius 3 is 2.88 bits per heavy atom. The van der Waals surface area contributed by atoms with Crippen LogP contribution in [-0.4, -0.2) is 45.7 Å². The highest BCUT2D eigenvalue weighted by Crippen LogP contribution is 2.28. The summed E-state index contributed by atoms with van der Waals surface area (Å²) in [7, 11) is 1.92. The highest BCUT2D eigenvalue weighted by Gasteiger charge is 2.28. The predicted molar refractivity (Wildman–Crippen MR) is 94.0 cm³/mol. The lowest BCUT2D eigenvalue weighted by molar-refractivity contribution is -0.130. The van der Waals surface area contributed by atoms with Crippen LogP contribution >= 0.6 is 0 Å². The number of pyridine rings is 1. The van der Waals surface area contributed by atoms with E-state index < -0.39 is 0 Å². The minimum atomic E-state index is 0.201. The average molecular weight is 327 g/mol. The molecule has 1 N–H and O–H groups in total. The Morgan fingerprint density at radius 1 is 1.33 bits per heavy atom. The van der Waals surface area contributed by atoms with Crippen LogP contribution in [0.5, 0.6) is 0 Å². The Labute approximate surface area is 142 Å². The van der Waals surface area contributed by atoms with Crippen molar-refractivity contribution in [1.82, 2.24) is 19.7 Å². The second kappa shape index (κ2) is 7.03. The molecule has 0 aliphatic carbocycles. The molecule has 1 fully saturated rings. The van der Waals surface area contributed by atoms with Crippen molar-refractivity contribution in [3.8, 4) is 0 Å². The van der Waals surface area contributed by atoms with Crippen molar-refractivity contribution in [2.24, 2.45) is 0 Å². The normalized spacial score (nSPS) is 17.3. The van der Waals surface area contributed by atoms with Gasteiger partial charge in [-0.25, -0.2) is 0 Å². The molecule has 1 atom stereocenters. The summed E-state index contributed by atoms with van der Waals surface area (Å²) in [6.45, 7) is 6.18. The van der Waals surface area contributed by atoms with Gasteiger partial charge in [-0.05, 0) is 38.5 Å². The monoisotopic (exact) mass is 327 g/mol. The van der Waals surface area contributed by atoms with Crippen LogP contribution < -0.4 is 5.32 Å². The number of aromatic nitrogens is 3. The molecule has 3 rings (SSSR count). The third kappa shape index (κ3) is 3.75. The van der Waals surface area contributed by atoms with Crippen LogP contribution in [0.2, 0.25) is 0 Å². The molecule has 24 heavy (non-hydrogen) atoms. The van der Waals surface area contributed by atoms with Gasteiger partial charge in [0.25, 0.3) is 0 Å². The van der Waals surface area contributed by atoms with Crippen LogP contribution in [0.4, 0.5) is 5.69 Å². The smallest absolute Gasteiger partial charge is 0.224 e. The Morgan fingerprint density at radius 2 is 2.17 bits per heavy atom. The molecule has 0 saturated carbocycles. The number of carbonyl (C=O) groups excluding carboxylic acids is 1. The van der Waals surface area contributed by atoms with E-state index in [9.17, 15) is 4.79 Å². The molecule has 0 bridgehead atoms. The second-order valence-electron chi connectivity index (χ2n) is 6.47. The molecule has 0 radical (unpaired) electrons. The van der Waals surface area contributed by atoms with Crippen LogP contribution in [0.25, 0.3) is 0 Å². The summed E-state index contributed by atoms with van der Waals surface area (Å²) in [5.74, 6) is 0.528. The van der Waals surface area contributed by atoms with Crippen molar-refractivity contribution < 1.29 is 4.79 Å². The first-order valence-electron chi connectivity index (χ1n) is 8.49. The van der Waals surface area contributed by atoms with E-state index in [-0.39, 0.29) is 5.91 Å². The summed E-state index contributed by atoms with van der Waals surface area (Å²) in [6.07, 6.45) is 3.40. The van der Waals surface area contributed by atoms with Crippen LogP contribution in [-0.2, 0) is 11.3 Å². The van der Waals surface area contributed by atoms with Crippen molar-refractivity contribution in [1.29, 1.82) is 0 Å². The van der Waals surface area contributed by atoms with Crippen LogP contribution in [0.3, 0.4) is 0 Å². The van der Waals surface area contributed by atoms with Gasteiger partial charge in [0.05, 0.1) is 5.69 Å². The van der Waals surface area contributed by atoms with E-state index in [2.05, 4.69) is 21.5 Å². The first kappa shape index (κ1) is 16.5. The lowest BCUT2D eigenvalue weighted by atomic mass is 10.0. The van der Waals surface area contributed by atoms with Gasteiger partial charge in [0, 0.05) is 62.3 Å². The van der Waals surface area contributed by atoms with E-state index in [4.69, 9.17) is 0 Å². The number of anilines is 1. The molecular weight excluding hydrogens is 302 g/mol. The van der Waals surface area contributed by atoms with Crippen molar-refractivity contribution >= 4 is 11.6 Å². The van der Waals surface area contributed by atoms with Gasteiger partial charge >= 0.3 is 0 Å². The molecule has 1 saturated heterocycles. The third-order valence-corrected chi connectivity index (χ3v) is 4.55. The molecule has 6 heteroatoms. The SMILES string of the molecule is CNc1cc(C)nc(C2CCN(C(=O)CCn3ccc(C)n3)C2)c1. The van der Waals surface area contributed by atoms with Gasteiger partial charge in [-0.3, -0.25) is 14.5 Å². The largest absolute Gasteiger partial charge is 0.388 e. The number of nitrogens with one attached hydrogen (secondary N) is 1. The van der Waals surface area contributed by atoms with Crippen molar-refractivity contribution in [3.05, 3.63) is 41.5 Å². The Hall–Kier alpha value is -2.37. The van der Waals surface area contributed by atoms with Crippen LogP contribution in [0.15, 0.2) is 24.4 Å². The fourth-order valence-electron chi connectivity index (χ4n) is 3.23. The maximum absolute atomic E-state index is 12.4. The Bertz CT molecular complexity index is 724. The number of rotatable bonds is 5. The molecule has 1 amide bonds. The number of likely N-dealkylation sites (tertiary alicyclic amines) is 1. The average Bonchev–Trinajstić information content (AvgIpc) is 3.21. The quantitative estimate of drug-likeness (QED) is 0.915. The molecule has 0 spiro atoms. The lowest BCUT2D eigenvalue weighted by Crippen LogP contribution is -2.29. The molecule has 3 heterocycles. The van der Waals surface area contributed by atoms with E-state index >= 15 is 0 Å². The second-order valence-corrected chi connectivity index (χ2v) is 6.47. The molecule has 1 aliphatic rings. The summed E-state index contributed by atoms with van der Waals surface area (Å²) in [5.41, 5.74) is 4.15. The Balaban J connectivity index is 1.58. The first-order chi connectivity index (χ1) is 11.5. The van der Waals surface area contributed by atoms with Crippen molar-refractivity contribution in [2.75, 3.05) is 25.5 Å². The van der Waals surface area contributed by atoms with E-state index in [0.717, 1.165) is 42.3 Å². The topological polar surface area (TPSA) is 63.1 Å². The summed E-state index contributed by atoms with van der Waals surface area (Å²) < 4.78 is 1.84. The number of amides is 1. The van der Waals surface area contributed by atoms with E-state index in [1.807, 2.05) is 48.8 Å². The van der Waals surface area contributed by atoms with Crippen molar-refractivity contribution in [2.45, 2.75) is 39.2 Å². The highest BCUT2D eigenvalue weighted by molar-refractivity contribution is 5.76. The molecule has 1 aliphatic heterocycles. The number of carbonyl (C=O) groups is 1. The fourth-order valence-corrected chi connectivity index (χ4v) is 3.23. The number of hydrogen-bond acceptors (Lipinski definition) is 4. The van der Waals surface area contributed by atoms with Gasteiger partial charge in [-0.15, -0.1) is 0 Å². The molecule has 1 unspecified atom stereocenters. The summed E-state index contributed by atoms with van der Waals surface area (Å²) in [4.78, 5) is 19.1. The van der Waals surface area contributed by atoms with Gasteiger partial charge in [-0.2, -0.15) is 5.10 Å². The third-order valence-electron chi connectivity index (χ3n) is 4.55. The maximum atomic E-state index is 12.4. The predicted octanol–water partition coefficient (Wildman–Crippen LogP) is 2.34. The van der Waals surface area contributed by atoms with Crippen molar-refractivity contribution in [3.63, 3.8) is 0 Å². The zero-order valence-corrected chi connectivity index (χ0v) is 14.6. The van der Waals surface area contributed by atoms with Crippen LogP contribution in [0, 0.1) is 13.8 Å². The number of nitrogens with zero attached hydrogens (tertiary/aromatic N) is 4. The molecule has 2 aromatic heterocycles. The first-order valence-corrected chi connectivity index (χ1v) is 8.49. The number of hydrogen-bond donors (Lipinski definition) is 1. The number of aryl methyl sites for hydroxylation is 3. The lowest BCUT2D eigenvalue weighted by Gasteiger charge is -2.17. The summed E-state index contributed by atoms with van der Waals surface area (Å²) >= 11 is 0. The van der Waals surface area contributed by atoms with E-state index in [1.54, 1.807) is 0 Å². The summed E-state index contributed by atoms with van der Waals surface area (Å²) in [5, 5.41) is 7.51. The standard InChI is InChI=1S/C18H25N5O/c1-13-4-8-23(21-13)9-6-18(24)22-7-5-15(12-22)17-11-16(19-3)10-14(2)20-17/h4,8,10-11,15H,5-7,9,12H2,1-3H3,(H,19,20). The van der Waals surface area contributed by atoms with Gasteiger partial charge in [0.1, 0.15) is 0 Å². The van der Waals surface area contributed by atoms with E-state index in [0.29, 0.717) is 18.9 Å². The zero-order valence-electron chi connectivity index (χ0n) is 14.6. The fraction of sp³-hybridized carbons (Fsp3) is 0.500. The molecule has 0 aromatic carbocycles. The molecular formula is C18H25N5O. The maximum Gasteiger partial charge on any atom is 0.224 e. The molecule has 6 nitrogen and oxygen atoms in total. The minimum Gasteiger partial charge on any atom is -0.388 e. The van der Waals surface area contributed by atoms with Crippen LogP contribution in [0.1, 0.15) is 35.8 Å². The minimum absolute atomic E-state index is 0.201.